The lowest BCUT2D eigenvalue weighted by molar-refractivity contribution is 0.179. The van der Waals surface area contributed by atoms with Gasteiger partial charge in [-0.05, 0) is 41.2 Å². The summed E-state index contributed by atoms with van der Waals surface area (Å²) >= 11 is 7.39. The molecule has 20 heavy (non-hydrogen) atoms. The Morgan fingerprint density at radius 3 is 3.15 bits per heavy atom. The molecule has 0 amide bonds. The van der Waals surface area contributed by atoms with E-state index in [4.69, 9.17) is 16.3 Å². The highest BCUT2D eigenvalue weighted by molar-refractivity contribution is 7.05. The zero-order chi connectivity index (χ0) is 14.1. The summed E-state index contributed by atoms with van der Waals surface area (Å²) in [7, 11) is 0. The van der Waals surface area contributed by atoms with Crippen LogP contribution in [-0.4, -0.2) is 21.3 Å². The first-order valence-corrected chi connectivity index (χ1v) is 7.77. The van der Waals surface area contributed by atoms with Gasteiger partial charge < -0.3 is 9.84 Å². The molecular formula is C14H15ClN2O2S. The van der Waals surface area contributed by atoms with Crippen LogP contribution < -0.4 is 4.74 Å². The summed E-state index contributed by atoms with van der Waals surface area (Å²) < 4.78 is 9.58. The molecule has 0 fully saturated rings. The molecule has 1 aromatic heterocycles. The molecule has 1 atom stereocenters. The van der Waals surface area contributed by atoms with Crippen molar-refractivity contribution < 1.29 is 9.84 Å². The monoisotopic (exact) mass is 310 g/mol. The minimum Gasteiger partial charge on any atom is -0.493 e. The predicted molar refractivity (Wildman–Crippen MR) is 78.6 cm³/mol. The summed E-state index contributed by atoms with van der Waals surface area (Å²) in [6, 6.07) is 3.81. The Morgan fingerprint density at radius 1 is 1.50 bits per heavy atom. The molecule has 1 aromatic carbocycles. The van der Waals surface area contributed by atoms with E-state index in [1.165, 1.54) is 11.5 Å². The summed E-state index contributed by atoms with van der Waals surface area (Å²) in [5.41, 5.74) is 2.94. The molecule has 2 aromatic rings. The number of rotatable bonds is 4. The largest absolute Gasteiger partial charge is 0.493 e. The van der Waals surface area contributed by atoms with Crippen molar-refractivity contribution in [2.24, 2.45) is 0 Å². The highest BCUT2D eigenvalue weighted by Gasteiger charge is 2.22. The molecule has 4 nitrogen and oxygen atoms in total. The lowest BCUT2D eigenvalue weighted by Gasteiger charge is -2.13. The van der Waals surface area contributed by atoms with Crippen LogP contribution in [-0.2, 0) is 19.3 Å². The SMILES string of the molecule is CCc1nnsc1C(O)Cc1cc(Cl)cc2c1OCC2. The van der Waals surface area contributed by atoms with Crippen molar-refractivity contribution in [3.8, 4) is 5.75 Å². The van der Waals surface area contributed by atoms with Crippen molar-refractivity contribution in [2.75, 3.05) is 6.61 Å². The molecule has 1 aliphatic rings. The van der Waals surface area contributed by atoms with E-state index in [0.29, 0.717) is 18.1 Å². The van der Waals surface area contributed by atoms with Crippen LogP contribution in [0.25, 0.3) is 0 Å². The van der Waals surface area contributed by atoms with Gasteiger partial charge in [0.2, 0.25) is 0 Å². The van der Waals surface area contributed by atoms with Crippen LogP contribution in [0.2, 0.25) is 5.02 Å². The number of aryl methyl sites for hydroxylation is 1. The Morgan fingerprint density at radius 2 is 2.35 bits per heavy atom. The van der Waals surface area contributed by atoms with Gasteiger partial charge in [-0.1, -0.05) is 23.0 Å². The summed E-state index contributed by atoms with van der Waals surface area (Å²) in [5.74, 6) is 0.879. The number of hydrogen-bond acceptors (Lipinski definition) is 5. The average Bonchev–Trinajstić information content (AvgIpc) is 3.06. The number of fused-ring (bicyclic) bond motifs is 1. The Kier molecular flexibility index (Phi) is 3.92. The van der Waals surface area contributed by atoms with E-state index < -0.39 is 6.10 Å². The fourth-order valence-electron chi connectivity index (χ4n) is 2.51. The Labute approximate surface area is 126 Å². The van der Waals surface area contributed by atoms with E-state index in [1.54, 1.807) is 0 Å². The Balaban J connectivity index is 1.88. The third-order valence-electron chi connectivity index (χ3n) is 3.46. The number of benzene rings is 1. The van der Waals surface area contributed by atoms with Gasteiger partial charge in [0.05, 0.1) is 23.3 Å². The standard InChI is InChI=1S/C14H15ClN2O2S/c1-2-11-14(20-17-16-11)12(18)7-9-6-10(15)5-8-3-4-19-13(8)9/h5-6,12,18H,2-4,7H2,1H3. The van der Waals surface area contributed by atoms with Crippen molar-refractivity contribution in [3.63, 3.8) is 0 Å². The van der Waals surface area contributed by atoms with E-state index in [9.17, 15) is 5.11 Å². The molecule has 0 radical (unpaired) electrons. The molecule has 0 saturated heterocycles. The first-order chi connectivity index (χ1) is 9.69. The lowest BCUT2D eigenvalue weighted by atomic mass is 10.0. The van der Waals surface area contributed by atoms with Crippen LogP contribution >= 0.6 is 23.1 Å². The van der Waals surface area contributed by atoms with Gasteiger partial charge in [-0.3, -0.25) is 0 Å². The minimum atomic E-state index is -0.614. The van der Waals surface area contributed by atoms with Crippen molar-refractivity contribution in [1.82, 2.24) is 9.59 Å². The molecule has 1 aliphatic heterocycles. The molecule has 0 bridgehead atoms. The Hall–Kier alpha value is -1.17. The minimum absolute atomic E-state index is 0.472. The van der Waals surface area contributed by atoms with Crippen LogP contribution in [0.1, 0.15) is 34.7 Å². The summed E-state index contributed by atoms with van der Waals surface area (Å²) in [5, 5.41) is 15.2. The third-order valence-corrected chi connectivity index (χ3v) is 4.55. The lowest BCUT2D eigenvalue weighted by Crippen LogP contribution is -2.04. The normalized spacial score (nSPS) is 14.9. The maximum atomic E-state index is 10.4. The van der Waals surface area contributed by atoms with Gasteiger partial charge in [-0.2, -0.15) is 0 Å². The zero-order valence-corrected chi connectivity index (χ0v) is 12.7. The van der Waals surface area contributed by atoms with Crippen LogP contribution in [0.15, 0.2) is 12.1 Å². The number of aliphatic hydroxyl groups excluding tert-OH is 1. The molecule has 0 aliphatic carbocycles. The van der Waals surface area contributed by atoms with Crippen molar-refractivity contribution in [3.05, 3.63) is 38.9 Å². The molecule has 1 unspecified atom stereocenters. The van der Waals surface area contributed by atoms with Crippen LogP contribution in [0.5, 0.6) is 5.75 Å². The van der Waals surface area contributed by atoms with E-state index in [1.807, 2.05) is 19.1 Å². The van der Waals surface area contributed by atoms with E-state index in [0.717, 1.165) is 40.3 Å². The average molecular weight is 311 g/mol. The Bertz CT molecular complexity index is 630. The van der Waals surface area contributed by atoms with E-state index in [2.05, 4.69) is 9.59 Å². The van der Waals surface area contributed by atoms with Crippen LogP contribution in [0.3, 0.4) is 0 Å². The first-order valence-electron chi connectivity index (χ1n) is 6.62. The highest BCUT2D eigenvalue weighted by Crippen LogP contribution is 2.36. The predicted octanol–water partition coefficient (Wildman–Crippen LogP) is 2.96. The van der Waals surface area contributed by atoms with Crippen LogP contribution in [0.4, 0.5) is 0 Å². The maximum Gasteiger partial charge on any atom is 0.126 e. The fourth-order valence-corrected chi connectivity index (χ4v) is 3.50. The van der Waals surface area contributed by atoms with E-state index >= 15 is 0 Å². The molecule has 1 N–H and O–H groups in total. The number of nitrogens with zero attached hydrogens (tertiary/aromatic N) is 2. The third kappa shape index (κ3) is 2.53. The second-order valence-corrected chi connectivity index (χ2v) is 6.03. The summed E-state index contributed by atoms with van der Waals surface area (Å²) in [6.07, 6.45) is 1.51. The molecule has 0 saturated carbocycles. The van der Waals surface area contributed by atoms with Gasteiger partial charge in [0.1, 0.15) is 5.75 Å². The topological polar surface area (TPSA) is 55.2 Å². The molecule has 6 heteroatoms. The smallest absolute Gasteiger partial charge is 0.126 e. The van der Waals surface area contributed by atoms with Gasteiger partial charge in [-0.25, -0.2) is 0 Å². The number of aromatic nitrogens is 2. The van der Waals surface area contributed by atoms with Gasteiger partial charge >= 0.3 is 0 Å². The van der Waals surface area contributed by atoms with E-state index in [-0.39, 0.29) is 0 Å². The van der Waals surface area contributed by atoms with Gasteiger partial charge in [-0.15, -0.1) is 5.10 Å². The van der Waals surface area contributed by atoms with Gasteiger partial charge in [0.25, 0.3) is 0 Å². The number of hydrogen-bond donors (Lipinski definition) is 1. The molecule has 3 rings (SSSR count). The summed E-state index contributed by atoms with van der Waals surface area (Å²) in [4.78, 5) is 0.833. The molecular weight excluding hydrogens is 296 g/mol. The number of aliphatic hydroxyl groups is 1. The molecule has 2 heterocycles. The highest BCUT2D eigenvalue weighted by atomic mass is 35.5. The molecule has 0 spiro atoms. The second-order valence-electron chi connectivity index (χ2n) is 4.81. The zero-order valence-electron chi connectivity index (χ0n) is 11.1. The van der Waals surface area contributed by atoms with Crippen molar-refractivity contribution >= 4 is 23.1 Å². The fraction of sp³-hybridized carbons (Fsp3) is 0.429. The van der Waals surface area contributed by atoms with Gasteiger partial charge in [0, 0.05) is 17.9 Å². The molecule has 106 valence electrons. The first kappa shape index (κ1) is 13.8. The maximum absolute atomic E-state index is 10.4. The van der Waals surface area contributed by atoms with Crippen molar-refractivity contribution in [1.29, 1.82) is 0 Å². The van der Waals surface area contributed by atoms with Crippen LogP contribution in [0, 0.1) is 0 Å². The quantitative estimate of drug-likeness (QED) is 0.943. The van der Waals surface area contributed by atoms with Crippen molar-refractivity contribution in [2.45, 2.75) is 32.3 Å². The number of halogens is 1. The summed E-state index contributed by atoms with van der Waals surface area (Å²) in [6.45, 7) is 2.69. The van der Waals surface area contributed by atoms with Gasteiger partial charge in [0.15, 0.2) is 0 Å². The second kappa shape index (κ2) is 5.68. The number of ether oxygens (including phenoxy) is 1.